The molecule has 0 saturated heterocycles. The average molecular weight is 374 g/mol. The molecule has 6 nitrogen and oxygen atoms in total. The van der Waals surface area contributed by atoms with Crippen LogP contribution < -0.4 is 10.2 Å². The van der Waals surface area contributed by atoms with Crippen LogP contribution in [-0.4, -0.2) is 35.8 Å². The van der Waals surface area contributed by atoms with Gasteiger partial charge in [-0.1, -0.05) is 30.3 Å². The Morgan fingerprint density at radius 2 is 1.79 bits per heavy atom. The van der Waals surface area contributed by atoms with Crippen LogP contribution in [-0.2, 0) is 11.2 Å². The maximum absolute atomic E-state index is 12.2. The van der Waals surface area contributed by atoms with E-state index in [4.69, 9.17) is 0 Å². The van der Waals surface area contributed by atoms with Gasteiger partial charge in [-0.2, -0.15) is 0 Å². The lowest BCUT2D eigenvalue weighted by molar-refractivity contribution is -0.115. The second-order valence-electron chi connectivity index (χ2n) is 6.54. The lowest BCUT2D eigenvalue weighted by Crippen LogP contribution is -2.14. The Balaban J connectivity index is 1.54. The molecule has 0 aliphatic rings. The van der Waals surface area contributed by atoms with Gasteiger partial charge in [-0.3, -0.25) is 9.59 Å². The number of amides is 1. The molecule has 0 aliphatic heterocycles. The van der Waals surface area contributed by atoms with Gasteiger partial charge in [0, 0.05) is 37.9 Å². The Hall–Kier alpha value is -3.67. The van der Waals surface area contributed by atoms with Crippen molar-refractivity contribution < 1.29 is 9.59 Å². The fourth-order valence-electron chi connectivity index (χ4n) is 2.63. The van der Waals surface area contributed by atoms with Gasteiger partial charge < -0.3 is 15.2 Å². The van der Waals surface area contributed by atoms with Crippen LogP contribution in [0.5, 0.6) is 0 Å². The van der Waals surface area contributed by atoms with Crippen LogP contribution in [0.4, 0.5) is 11.4 Å². The molecule has 1 amide bonds. The van der Waals surface area contributed by atoms with Gasteiger partial charge in [0.05, 0.1) is 6.42 Å². The molecular formula is C22H22N4O2. The minimum atomic E-state index is -0.186. The quantitative estimate of drug-likeness (QED) is 0.490. The third-order valence-electron chi connectivity index (χ3n) is 4.17. The summed E-state index contributed by atoms with van der Waals surface area (Å²) in [7, 11) is 3.94. The number of aromatic amines is 1. The Labute approximate surface area is 163 Å². The summed E-state index contributed by atoms with van der Waals surface area (Å²) in [6.07, 6.45) is 6.62. The number of benzene rings is 2. The Morgan fingerprint density at radius 3 is 2.39 bits per heavy atom. The number of ketones is 1. The fraction of sp³-hybridized carbons (Fsp3) is 0.136. The molecule has 2 N–H and O–H groups in total. The molecule has 0 radical (unpaired) electrons. The molecule has 0 aliphatic carbocycles. The zero-order valence-corrected chi connectivity index (χ0v) is 15.8. The second-order valence-corrected chi connectivity index (χ2v) is 6.54. The first-order valence-electron chi connectivity index (χ1n) is 8.89. The van der Waals surface area contributed by atoms with Crippen molar-refractivity contribution in [3.8, 4) is 0 Å². The molecule has 0 atom stereocenters. The van der Waals surface area contributed by atoms with Gasteiger partial charge in [0.15, 0.2) is 5.82 Å². The van der Waals surface area contributed by atoms with Crippen LogP contribution >= 0.6 is 0 Å². The number of carbonyl (C=O) groups excluding carboxylic acids is 2. The lowest BCUT2D eigenvalue weighted by atomic mass is 10.1. The van der Waals surface area contributed by atoms with Crippen LogP contribution in [0.1, 0.15) is 21.7 Å². The number of nitrogens with zero attached hydrogens (tertiary/aromatic N) is 2. The molecule has 0 fully saturated rings. The van der Waals surface area contributed by atoms with Crippen molar-refractivity contribution in [3.05, 3.63) is 84.0 Å². The number of aromatic nitrogens is 2. The summed E-state index contributed by atoms with van der Waals surface area (Å²) >= 11 is 0. The van der Waals surface area contributed by atoms with Crippen LogP contribution in [0.3, 0.4) is 0 Å². The van der Waals surface area contributed by atoms with Crippen molar-refractivity contribution in [3.63, 3.8) is 0 Å². The van der Waals surface area contributed by atoms with E-state index in [0.29, 0.717) is 5.82 Å². The fourth-order valence-corrected chi connectivity index (χ4v) is 2.63. The lowest BCUT2D eigenvalue weighted by Gasteiger charge is -2.13. The number of allylic oxidation sites excluding steroid dienone is 1. The van der Waals surface area contributed by atoms with Gasteiger partial charge in [0.25, 0.3) is 0 Å². The number of hydrogen-bond acceptors (Lipinski definition) is 4. The van der Waals surface area contributed by atoms with Gasteiger partial charge in [0.2, 0.25) is 11.7 Å². The van der Waals surface area contributed by atoms with E-state index in [1.807, 2.05) is 67.5 Å². The van der Waals surface area contributed by atoms with Crippen LogP contribution in [0.25, 0.3) is 6.08 Å². The Bertz CT molecular complexity index is 957. The zero-order valence-electron chi connectivity index (χ0n) is 15.8. The topological polar surface area (TPSA) is 78.1 Å². The van der Waals surface area contributed by atoms with E-state index in [9.17, 15) is 9.59 Å². The maximum atomic E-state index is 12.2. The summed E-state index contributed by atoms with van der Waals surface area (Å²) < 4.78 is 0. The molecule has 1 aromatic heterocycles. The van der Waals surface area contributed by atoms with Crippen molar-refractivity contribution in [2.75, 3.05) is 24.3 Å². The number of hydrogen-bond donors (Lipinski definition) is 2. The van der Waals surface area contributed by atoms with E-state index in [1.165, 1.54) is 12.3 Å². The zero-order chi connectivity index (χ0) is 19.9. The van der Waals surface area contributed by atoms with E-state index in [-0.39, 0.29) is 18.1 Å². The standard InChI is InChI=1S/C22H22N4O2/c1-26(2)19-10-8-18(9-11-19)25-21(28)15-17-5-3-16(4-6-17)7-12-20(27)22-23-13-14-24-22/h3-14H,15H2,1-2H3,(H,23,24)(H,25,28). The Kier molecular flexibility index (Phi) is 6.01. The van der Waals surface area contributed by atoms with E-state index in [1.54, 1.807) is 12.3 Å². The summed E-state index contributed by atoms with van der Waals surface area (Å²) in [5.41, 5.74) is 3.62. The first-order chi connectivity index (χ1) is 13.5. The van der Waals surface area contributed by atoms with Crippen molar-refractivity contribution in [2.24, 2.45) is 0 Å². The smallest absolute Gasteiger partial charge is 0.228 e. The van der Waals surface area contributed by atoms with Gasteiger partial charge in [-0.15, -0.1) is 0 Å². The molecule has 1 heterocycles. The number of rotatable bonds is 7. The average Bonchev–Trinajstić information content (AvgIpc) is 3.22. The van der Waals surface area contributed by atoms with E-state index in [0.717, 1.165) is 22.5 Å². The highest BCUT2D eigenvalue weighted by molar-refractivity contribution is 6.04. The number of carbonyl (C=O) groups is 2. The van der Waals surface area contributed by atoms with Crippen LogP contribution in [0.2, 0.25) is 0 Å². The molecular weight excluding hydrogens is 352 g/mol. The van der Waals surface area contributed by atoms with Crippen molar-refractivity contribution in [1.82, 2.24) is 9.97 Å². The molecule has 0 saturated carbocycles. The molecule has 0 spiro atoms. The predicted molar refractivity (Wildman–Crippen MR) is 111 cm³/mol. The van der Waals surface area contributed by atoms with Crippen LogP contribution in [0, 0.1) is 0 Å². The van der Waals surface area contributed by atoms with Crippen molar-refractivity contribution in [2.45, 2.75) is 6.42 Å². The molecule has 2 aromatic carbocycles. The minimum Gasteiger partial charge on any atom is -0.378 e. The Morgan fingerprint density at radius 1 is 1.07 bits per heavy atom. The van der Waals surface area contributed by atoms with E-state index >= 15 is 0 Å². The molecule has 3 aromatic rings. The molecule has 6 heteroatoms. The first-order valence-corrected chi connectivity index (χ1v) is 8.89. The van der Waals surface area contributed by atoms with E-state index < -0.39 is 0 Å². The van der Waals surface area contributed by atoms with Crippen molar-refractivity contribution in [1.29, 1.82) is 0 Å². The number of imidazole rings is 1. The number of nitrogens with one attached hydrogen (secondary N) is 2. The molecule has 0 unspecified atom stereocenters. The molecule has 0 bridgehead atoms. The molecule has 142 valence electrons. The van der Waals surface area contributed by atoms with Gasteiger partial charge >= 0.3 is 0 Å². The highest BCUT2D eigenvalue weighted by atomic mass is 16.1. The summed E-state index contributed by atoms with van der Waals surface area (Å²) in [6.45, 7) is 0. The number of H-pyrrole nitrogens is 1. The van der Waals surface area contributed by atoms with Crippen molar-refractivity contribution >= 4 is 29.1 Å². The molecule has 28 heavy (non-hydrogen) atoms. The molecule has 3 rings (SSSR count). The summed E-state index contributed by atoms with van der Waals surface area (Å²) in [4.78, 5) is 32.8. The monoisotopic (exact) mass is 374 g/mol. The van der Waals surface area contributed by atoms with Gasteiger partial charge in [-0.25, -0.2) is 4.98 Å². The first kappa shape index (κ1) is 19.1. The minimum absolute atomic E-state index is 0.0751. The third-order valence-corrected chi connectivity index (χ3v) is 4.17. The summed E-state index contributed by atoms with van der Waals surface area (Å²) in [6, 6.07) is 15.2. The van der Waals surface area contributed by atoms with Gasteiger partial charge in [-0.05, 0) is 41.5 Å². The van der Waals surface area contributed by atoms with E-state index in [2.05, 4.69) is 15.3 Å². The highest BCUT2D eigenvalue weighted by Crippen LogP contribution is 2.16. The second kappa shape index (κ2) is 8.81. The third kappa shape index (κ3) is 5.17. The predicted octanol–water partition coefficient (Wildman–Crippen LogP) is 3.55. The summed E-state index contributed by atoms with van der Waals surface area (Å²) in [5, 5.41) is 2.90. The van der Waals surface area contributed by atoms with Gasteiger partial charge in [0.1, 0.15) is 0 Å². The maximum Gasteiger partial charge on any atom is 0.228 e. The largest absolute Gasteiger partial charge is 0.378 e. The number of anilines is 2. The van der Waals surface area contributed by atoms with Crippen LogP contribution in [0.15, 0.2) is 67.0 Å². The normalized spacial score (nSPS) is 10.8. The highest BCUT2D eigenvalue weighted by Gasteiger charge is 2.06. The SMILES string of the molecule is CN(C)c1ccc(NC(=O)Cc2ccc(C=CC(=O)c3ncc[nH]3)cc2)cc1. The summed E-state index contributed by atoms with van der Waals surface area (Å²) in [5.74, 6) is 0.0470.